The van der Waals surface area contributed by atoms with E-state index in [1.807, 2.05) is 6.20 Å². The van der Waals surface area contributed by atoms with Crippen molar-refractivity contribution in [2.24, 2.45) is 17.8 Å². The van der Waals surface area contributed by atoms with Gasteiger partial charge in [0, 0.05) is 39.1 Å². The molecule has 0 amide bonds. The van der Waals surface area contributed by atoms with Gasteiger partial charge in [-0.2, -0.15) is 0 Å². The van der Waals surface area contributed by atoms with Crippen LogP contribution in [0.3, 0.4) is 0 Å². The highest BCUT2D eigenvalue weighted by atomic mass is 16.5. The molecule has 1 N–H and O–H groups in total. The van der Waals surface area contributed by atoms with Crippen LogP contribution in [0.15, 0.2) is 12.4 Å². The number of aliphatic carboxylic acids is 1. The predicted octanol–water partition coefficient (Wildman–Crippen LogP) is 1.07. The summed E-state index contributed by atoms with van der Waals surface area (Å²) in [6.45, 7) is 3.70. The van der Waals surface area contributed by atoms with Crippen LogP contribution in [0.5, 0.6) is 0 Å². The van der Waals surface area contributed by atoms with Gasteiger partial charge in [-0.3, -0.25) is 9.69 Å². The van der Waals surface area contributed by atoms with E-state index in [-0.39, 0.29) is 5.92 Å². The molecule has 2 heterocycles. The van der Waals surface area contributed by atoms with E-state index in [2.05, 4.69) is 14.5 Å². The Kier molecular flexibility index (Phi) is 4.26. The van der Waals surface area contributed by atoms with Gasteiger partial charge in [0.15, 0.2) is 0 Å². The fraction of sp³-hybridized carbons (Fsp3) is 0.733. The second-order valence-electron chi connectivity index (χ2n) is 6.17. The lowest BCUT2D eigenvalue weighted by Crippen LogP contribution is -2.25. The summed E-state index contributed by atoms with van der Waals surface area (Å²) in [7, 11) is 1.69. The normalized spacial score (nSPS) is 26.3. The Morgan fingerprint density at radius 1 is 1.48 bits per heavy atom. The number of methoxy groups -OCH3 is 1. The van der Waals surface area contributed by atoms with Crippen LogP contribution in [0.1, 0.15) is 18.7 Å². The number of ether oxygens (including phenoxy) is 1. The van der Waals surface area contributed by atoms with Crippen molar-refractivity contribution in [3.05, 3.63) is 18.2 Å². The molecule has 3 rings (SSSR count). The summed E-state index contributed by atoms with van der Waals surface area (Å²) in [5, 5.41) is 9.41. The van der Waals surface area contributed by atoms with Crippen molar-refractivity contribution in [3.63, 3.8) is 0 Å². The van der Waals surface area contributed by atoms with Crippen LogP contribution in [0, 0.1) is 17.8 Å². The highest BCUT2D eigenvalue weighted by molar-refractivity contribution is 5.71. The molecule has 0 radical (unpaired) electrons. The molecular formula is C15H23N3O3. The Balaban J connectivity index is 1.63. The third-order valence-electron chi connectivity index (χ3n) is 4.69. The molecule has 1 aromatic heterocycles. The molecule has 2 unspecified atom stereocenters. The van der Waals surface area contributed by atoms with Crippen molar-refractivity contribution < 1.29 is 14.6 Å². The van der Waals surface area contributed by atoms with Gasteiger partial charge in [0.05, 0.1) is 19.1 Å². The summed E-state index contributed by atoms with van der Waals surface area (Å²) in [5.74, 6) is 1.10. The van der Waals surface area contributed by atoms with Crippen LogP contribution in [-0.2, 0) is 22.6 Å². The van der Waals surface area contributed by atoms with Crippen molar-refractivity contribution in [3.8, 4) is 0 Å². The molecule has 1 aromatic rings. The lowest BCUT2D eigenvalue weighted by molar-refractivity contribution is -0.142. The topological polar surface area (TPSA) is 67.6 Å². The minimum Gasteiger partial charge on any atom is -0.481 e. The Morgan fingerprint density at radius 2 is 2.29 bits per heavy atom. The Labute approximate surface area is 124 Å². The van der Waals surface area contributed by atoms with Crippen LogP contribution < -0.4 is 0 Å². The van der Waals surface area contributed by atoms with Crippen molar-refractivity contribution in [2.45, 2.75) is 25.9 Å². The molecule has 6 heteroatoms. The predicted molar refractivity (Wildman–Crippen MR) is 76.7 cm³/mol. The maximum atomic E-state index is 11.4. The van der Waals surface area contributed by atoms with Gasteiger partial charge in [-0.15, -0.1) is 0 Å². The maximum Gasteiger partial charge on any atom is 0.308 e. The summed E-state index contributed by atoms with van der Waals surface area (Å²) in [6.07, 6.45) is 6.15. The number of carbonyl (C=O) groups is 1. The maximum absolute atomic E-state index is 11.4. The molecule has 2 atom stereocenters. The summed E-state index contributed by atoms with van der Waals surface area (Å²) in [5.41, 5.74) is 0. The van der Waals surface area contributed by atoms with Gasteiger partial charge in [-0.05, 0) is 24.7 Å². The fourth-order valence-electron chi connectivity index (χ4n) is 3.39. The quantitative estimate of drug-likeness (QED) is 0.814. The third kappa shape index (κ3) is 3.27. The average Bonchev–Trinajstić information content (AvgIpc) is 3.07. The highest BCUT2D eigenvalue weighted by Crippen LogP contribution is 2.44. The van der Waals surface area contributed by atoms with Gasteiger partial charge < -0.3 is 14.4 Å². The minimum absolute atomic E-state index is 0.208. The fourth-order valence-corrected chi connectivity index (χ4v) is 3.39. The van der Waals surface area contributed by atoms with Crippen LogP contribution in [0.2, 0.25) is 0 Å². The van der Waals surface area contributed by atoms with Crippen LogP contribution in [-0.4, -0.2) is 52.3 Å². The molecule has 2 aliphatic rings. The van der Waals surface area contributed by atoms with E-state index in [0.717, 1.165) is 25.5 Å². The first-order valence-electron chi connectivity index (χ1n) is 7.63. The molecule has 0 aromatic carbocycles. The van der Waals surface area contributed by atoms with Gasteiger partial charge in [0.25, 0.3) is 0 Å². The summed E-state index contributed by atoms with van der Waals surface area (Å²) in [4.78, 5) is 18.1. The minimum atomic E-state index is -0.642. The molecular weight excluding hydrogens is 270 g/mol. The molecule has 0 bridgehead atoms. The molecule has 6 nitrogen and oxygen atoms in total. The van der Waals surface area contributed by atoms with E-state index >= 15 is 0 Å². The molecule has 1 saturated carbocycles. The number of imidazole rings is 1. The lowest BCUT2D eigenvalue weighted by Gasteiger charge is -2.16. The van der Waals surface area contributed by atoms with E-state index in [0.29, 0.717) is 25.0 Å². The molecule has 2 fully saturated rings. The summed E-state index contributed by atoms with van der Waals surface area (Å²) >= 11 is 0. The van der Waals surface area contributed by atoms with Crippen molar-refractivity contribution in [1.82, 2.24) is 14.5 Å². The van der Waals surface area contributed by atoms with E-state index in [1.165, 1.54) is 12.8 Å². The zero-order chi connectivity index (χ0) is 14.8. The number of rotatable bonds is 7. The van der Waals surface area contributed by atoms with Crippen molar-refractivity contribution in [1.29, 1.82) is 0 Å². The Hall–Kier alpha value is -1.40. The monoisotopic (exact) mass is 293 g/mol. The molecule has 0 spiro atoms. The van der Waals surface area contributed by atoms with Crippen LogP contribution >= 0.6 is 0 Å². The zero-order valence-electron chi connectivity index (χ0n) is 12.4. The van der Waals surface area contributed by atoms with Crippen molar-refractivity contribution in [2.75, 3.05) is 26.8 Å². The molecule has 1 aliphatic heterocycles. The van der Waals surface area contributed by atoms with Crippen LogP contribution in [0.25, 0.3) is 0 Å². The molecule has 21 heavy (non-hydrogen) atoms. The van der Waals surface area contributed by atoms with E-state index in [9.17, 15) is 9.90 Å². The standard InChI is InChI=1S/C15H23N3O3/c1-21-7-6-18-5-4-16-14(18)10-17-8-12(11-2-3-11)13(9-17)15(19)20/h4-5,11-13H,2-3,6-10H2,1H3,(H,19,20). The number of hydrogen-bond donors (Lipinski definition) is 1. The summed E-state index contributed by atoms with van der Waals surface area (Å²) < 4.78 is 7.19. The number of nitrogens with zero attached hydrogens (tertiary/aromatic N) is 3. The second-order valence-corrected chi connectivity index (χ2v) is 6.17. The highest BCUT2D eigenvalue weighted by Gasteiger charge is 2.45. The van der Waals surface area contributed by atoms with Gasteiger partial charge in [-0.25, -0.2) is 4.98 Å². The van der Waals surface area contributed by atoms with Gasteiger partial charge in [0.2, 0.25) is 0 Å². The first-order valence-corrected chi connectivity index (χ1v) is 7.63. The van der Waals surface area contributed by atoms with E-state index in [1.54, 1.807) is 13.3 Å². The van der Waals surface area contributed by atoms with E-state index in [4.69, 9.17) is 4.74 Å². The Morgan fingerprint density at radius 3 is 2.95 bits per heavy atom. The largest absolute Gasteiger partial charge is 0.481 e. The number of hydrogen-bond acceptors (Lipinski definition) is 4. The Bertz CT molecular complexity index is 498. The van der Waals surface area contributed by atoms with Gasteiger partial charge in [0.1, 0.15) is 5.82 Å². The molecule has 116 valence electrons. The number of carboxylic acids is 1. The smallest absolute Gasteiger partial charge is 0.308 e. The summed E-state index contributed by atoms with van der Waals surface area (Å²) in [6, 6.07) is 0. The molecule has 1 aliphatic carbocycles. The third-order valence-corrected chi connectivity index (χ3v) is 4.69. The number of likely N-dealkylation sites (tertiary alicyclic amines) is 1. The molecule has 1 saturated heterocycles. The number of carboxylic acid groups (broad SMARTS) is 1. The lowest BCUT2D eigenvalue weighted by atomic mass is 9.92. The SMILES string of the molecule is COCCn1ccnc1CN1CC(C(=O)O)C(C2CC2)C1. The van der Waals surface area contributed by atoms with Crippen molar-refractivity contribution >= 4 is 5.97 Å². The average molecular weight is 293 g/mol. The van der Waals surface area contributed by atoms with Gasteiger partial charge in [-0.1, -0.05) is 0 Å². The first kappa shape index (κ1) is 14.5. The van der Waals surface area contributed by atoms with Gasteiger partial charge >= 0.3 is 5.97 Å². The van der Waals surface area contributed by atoms with E-state index < -0.39 is 5.97 Å². The zero-order valence-corrected chi connectivity index (χ0v) is 12.4. The first-order chi connectivity index (χ1) is 10.2. The second kappa shape index (κ2) is 6.15. The number of aromatic nitrogens is 2. The van der Waals surface area contributed by atoms with Crippen LogP contribution in [0.4, 0.5) is 0 Å².